The molecule has 0 fully saturated rings. The SMILES string of the molecule is C/C(=N\n1cc(-c2ccccc2)[nH]c1=S)c1ccccc1. The lowest BCUT2D eigenvalue weighted by Gasteiger charge is -2.00. The molecule has 3 nitrogen and oxygen atoms in total. The molecule has 0 bridgehead atoms. The molecule has 1 N–H and O–H groups in total. The van der Waals surface area contributed by atoms with E-state index in [2.05, 4.69) is 10.1 Å². The second-order valence-corrected chi connectivity index (χ2v) is 5.12. The molecule has 0 radical (unpaired) electrons. The van der Waals surface area contributed by atoms with Crippen molar-refractivity contribution in [3.05, 3.63) is 77.2 Å². The van der Waals surface area contributed by atoms with Crippen LogP contribution in [0.2, 0.25) is 0 Å². The van der Waals surface area contributed by atoms with Crippen molar-refractivity contribution in [2.24, 2.45) is 5.10 Å². The molecule has 104 valence electrons. The van der Waals surface area contributed by atoms with Crippen LogP contribution < -0.4 is 0 Å². The summed E-state index contributed by atoms with van der Waals surface area (Å²) in [6.45, 7) is 1.98. The zero-order valence-electron chi connectivity index (χ0n) is 11.7. The standard InChI is InChI=1S/C17H15N3S/c1-13(14-8-4-2-5-9-14)19-20-12-16(18-17(20)21)15-10-6-3-7-11-15/h2-12H,1H3,(H,18,21)/b19-13+. The maximum absolute atomic E-state index is 5.34. The topological polar surface area (TPSA) is 33.1 Å². The Hall–Kier alpha value is -2.46. The van der Waals surface area contributed by atoms with Gasteiger partial charge in [0.15, 0.2) is 4.77 Å². The number of hydrogen-bond donors (Lipinski definition) is 1. The molecule has 0 aliphatic heterocycles. The quantitative estimate of drug-likeness (QED) is 0.560. The van der Waals surface area contributed by atoms with Crippen LogP contribution in [0.15, 0.2) is 72.0 Å². The molecule has 0 spiro atoms. The van der Waals surface area contributed by atoms with Crippen LogP contribution in [-0.4, -0.2) is 15.4 Å². The van der Waals surface area contributed by atoms with Crippen LogP contribution in [0.4, 0.5) is 0 Å². The Labute approximate surface area is 128 Å². The Bertz CT molecular complexity index is 814. The number of nitrogens with zero attached hydrogens (tertiary/aromatic N) is 2. The number of H-pyrrole nitrogens is 1. The number of aromatic nitrogens is 2. The molecule has 0 atom stereocenters. The minimum Gasteiger partial charge on any atom is -0.329 e. The first kappa shape index (κ1) is 13.5. The van der Waals surface area contributed by atoms with E-state index in [1.165, 1.54) is 0 Å². The Morgan fingerprint density at radius 3 is 2.29 bits per heavy atom. The van der Waals surface area contributed by atoms with Gasteiger partial charge < -0.3 is 4.98 Å². The number of hydrogen-bond acceptors (Lipinski definition) is 2. The average Bonchev–Trinajstić information content (AvgIpc) is 2.90. The summed E-state index contributed by atoms with van der Waals surface area (Å²) in [4.78, 5) is 3.19. The molecule has 3 aromatic rings. The number of benzene rings is 2. The van der Waals surface area contributed by atoms with Gasteiger partial charge in [0, 0.05) is 0 Å². The zero-order valence-corrected chi connectivity index (χ0v) is 12.5. The minimum absolute atomic E-state index is 0.587. The third-order valence-electron chi connectivity index (χ3n) is 3.24. The highest BCUT2D eigenvalue weighted by Crippen LogP contribution is 2.17. The summed E-state index contributed by atoms with van der Waals surface area (Å²) in [5.74, 6) is 0. The van der Waals surface area contributed by atoms with Crippen LogP contribution in [0, 0.1) is 4.77 Å². The third kappa shape index (κ3) is 3.01. The lowest BCUT2D eigenvalue weighted by molar-refractivity contribution is 0.857. The van der Waals surface area contributed by atoms with E-state index >= 15 is 0 Å². The van der Waals surface area contributed by atoms with Crippen molar-refractivity contribution in [2.45, 2.75) is 6.92 Å². The normalized spacial score (nSPS) is 11.6. The van der Waals surface area contributed by atoms with Crippen molar-refractivity contribution in [1.82, 2.24) is 9.66 Å². The Kier molecular flexibility index (Phi) is 3.79. The fourth-order valence-electron chi connectivity index (χ4n) is 2.12. The van der Waals surface area contributed by atoms with Gasteiger partial charge >= 0.3 is 0 Å². The monoisotopic (exact) mass is 293 g/mol. The van der Waals surface area contributed by atoms with Crippen LogP contribution in [0.5, 0.6) is 0 Å². The Morgan fingerprint density at radius 2 is 1.62 bits per heavy atom. The minimum atomic E-state index is 0.587. The maximum atomic E-state index is 5.34. The second-order valence-electron chi connectivity index (χ2n) is 4.73. The molecule has 1 heterocycles. The van der Waals surface area contributed by atoms with E-state index < -0.39 is 0 Å². The third-order valence-corrected chi connectivity index (χ3v) is 3.52. The van der Waals surface area contributed by atoms with Crippen LogP contribution in [0.1, 0.15) is 12.5 Å². The van der Waals surface area contributed by atoms with Gasteiger partial charge in [-0.3, -0.25) is 0 Å². The van der Waals surface area contributed by atoms with Gasteiger partial charge in [0.05, 0.1) is 17.6 Å². The Balaban J connectivity index is 1.98. The summed E-state index contributed by atoms with van der Waals surface area (Å²) in [7, 11) is 0. The van der Waals surface area contributed by atoms with Crippen molar-refractivity contribution >= 4 is 17.9 Å². The van der Waals surface area contributed by atoms with Crippen LogP contribution >= 0.6 is 12.2 Å². The lowest BCUT2D eigenvalue weighted by atomic mass is 10.1. The number of imidazole rings is 1. The number of rotatable bonds is 3. The predicted molar refractivity (Wildman–Crippen MR) is 89.1 cm³/mol. The lowest BCUT2D eigenvalue weighted by Crippen LogP contribution is -1.98. The molecule has 0 saturated carbocycles. The Morgan fingerprint density at radius 1 is 1.00 bits per heavy atom. The van der Waals surface area contributed by atoms with E-state index in [1.807, 2.05) is 73.8 Å². The van der Waals surface area contributed by atoms with Gasteiger partial charge in [-0.2, -0.15) is 5.10 Å². The van der Waals surface area contributed by atoms with Crippen LogP contribution in [0.25, 0.3) is 11.3 Å². The van der Waals surface area contributed by atoms with Crippen LogP contribution in [0.3, 0.4) is 0 Å². The molecule has 1 aromatic heterocycles. The molecule has 21 heavy (non-hydrogen) atoms. The molecule has 0 unspecified atom stereocenters. The van der Waals surface area contributed by atoms with Gasteiger partial charge in [0.25, 0.3) is 0 Å². The molecular weight excluding hydrogens is 278 g/mol. The van der Waals surface area contributed by atoms with Gasteiger partial charge in [-0.05, 0) is 30.3 Å². The van der Waals surface area contributed by atoms with E-state index in [0.717, 1.165) is 22.5 Å². The smallest absolute Gasteiger partial charge is 0.198 e. The zero-order chi connectivity index (χ0) is 14.7. The summed E-state index contributed by atoms with van der Waals surface area (Å²) in [6, 6.07) is 20.1. The van der Waals surface area contributed by atoms with E-state index in [0.29, 0.717) is 4.77 Å². The van der Waals surface area contributed by atoms with Crippen LogP contribution in [-0.2, 0) is 0 Å². The van der Waals surface area contributed by atoms with Crippen molar-refractivity contribution in [1.29, 1.82) is 0 Å². The molecular formula is C17H15N3S. The second kappa shape index (κ2) is 5.89. The van der Waals surface area contributed by atoms with E-state index in [-0.39, 0.29) is 0 Å². The highest BCUT2D eigenvalue weighted by Gasteiger charge is 2.03. The fraction of sp³-hybridized carbons (Fsp3) is 0.0588. The molecule has 3 rings (SSSR count). The van der Waals surface area contributed by atoms with Crippen molar-refractivity contribution in [3.8, 4) is 11.3 Å². The summed E-state index contributed by atoms with van der Waals surface area (Å²) in [5, 5.41) is 4.57. The molecule has 4 heteroatoms. The fourth-order valence-corrected chi connectivity index (χ4v) is 2.33. The highest BCUT2D eigenvalue weighted by atomic mass is 32.1. The first-order chi connectivity index (χ1) is 10.2. The average molecular weight is 293 g/mol. The van der Waals surface area contributed by atoms with E-state index in [9.17, 15) is 0 Å². The van der Waals surface area contributed by atoms with Gasteiger partial charge in [-0.15, -0.1) is 0 Å². The van der Waals surface area contributed by atoms with Crippen molar-refractivity contribution < 1.29 is 0 Å². The predicted octanol–water partition coefficient (Wildman–Crippen LogP) is 4.48. The largest absolute Gasteiger partial charge is 0.329 e. The summed E-state index contributed by atoms with van der Waals surface area (Å²) < 4.78 is 2.30. The molecule has 0 aliphatic rings. The first-order valence-electron chi connectivity index (χ1n) is 6.72. The first-order valence-corrected chi connectivity index (χ1v) is 7.13. The summed E-state index contributed by atoms with van der Waals surface area (Å²) >= 11 is 5.34. The molecule has 0 amide bonds. The van der Waals surface area contributed by atoms with Gasteiger partial charge in [-0.25, -0.2) is 4.68 Å². The summed E-state index contributed by atoms with van der Waals surface area (Å²) in [6.07, 6.45) is 1.92. The number of nitrogens with one attached hydrogen (secondary N) is 1. The maximum Gasteiger partial charge on any atom is 0.198 e. The van der Waals surface area contributed by atoms with Gasteiger partial charge in [0.1, 0.15) is 0 Å². The molecule has 2 aromatic carbocycles. The number of aromatic amines is 1. The van der Waals surface area contributed by atoms with Crippen molar-refractivity contribution in [3.63, 3.8) is 0 Å². The van der Waals surface area contributed by atoms with E-state index in [1.54, 1.807) is 4.68 Å². The van der Waals surface area contributed by atoms with E-state index in [4.69, 9.17) is 12.2 Å². The molecule has 0 aliphatic carbocycles. The highest BCUT2D eigenvalue weighted by molar-refractivity contribution is 7.71. The van der Waals surface area contributed by atoms with Gasteiger partial charge in [0.2, 0.25) is 0 Å². The summed E-state index contributed by atoms with van der Waals surface area (Å²) in [5.41, 5.74) is 4.06. The molecule has 0 saturated heterocycles. The van der Waals surface area contributed by atoms with Crippen molar-refractivity contribution in [2.75, 3.05) is 0 Å². The van der Waals surface area contributed by atoms with Gasteiger partial charge in [-0.1, -0.05) is 60.7 Å².